The van der Waals surface area contributed by atoms with Crippen LogP contribution in [0.3, 0.4) is 0 Å². The van der Waals surface area contributed by atoms with Crippen molar-refractivity contribution in [1.82, 2.24) is 19.6 Å². The summed E-state index contributed by atoms with van der Waals surface area (Å²) < 4.78 is 15.7. The minimum absolute atomic E-state index is 0.0174. The molecule has 0 fully saturated rings. The molecular weight excluding hydrogens is 377 g/mol. The molecule has 27 heavy (non-hydrogen) atoms. The molecule has 3 aromatic rings. The van der Waals surface area contributed by atoms with Crippen molar-refractivity contribution in [1.29, 1.82) is 0 Å². The third-order valence-corrected chi connectivity index (χ3v) is 4.12. The first-order valence-electron chi connectivity index (χ1n) is 7.89. The number of nitrogens with one attached hydrogen (secondary N) is 1. The second-order valence-electron chi connectivity index (χ2n) is 5.83. The van der Waals surface area contributed by atoms with Crippen molar-refractivity contribution < 1.29 is 19.1 Å². The fourth-order valence-corrected chi connectivity index (χ4v) is 2.54. The highest BCUT2D eigenvalue weighted by Gasteiger charge is 2.20. The molecule has 0 spiro atoms. The third kappa shape index (κ3) is 4.32. The molecule has 2 heterocycles. The highest BCUT2D eigenvalue weighted by Crippen LogP contribution is 2.21. The number of hydrogen-bond acceptors (Lipinski definition) is 4. The van der Waals surface area contributed by atoms with E-state index in [1.165, 1.54) is 27.7 Å². The van der Waals surface area contributed by atoms with Gasteiger partial charge in [-0.05, 0) is 24.6 Å². The number of amides is 1. The summed E-state index contributed by atoms with van der Waals surface area (Å²) in [6, 6.07) is 5.18. The lowest BCUT2D eigenvalue weighted by Crippen LogP contribution is -2.24. The van der Waals surface area contributed by atoms with Gasteiger partial charge in [0.25, 0.3) is 0 Å². The number of aromatic carboxylic acids is 1. The van der Waals surface area contributed by atoms with Crippen molar-refractivity contribution in [2.24, 2.45) is 0 Å². The van der Waals surface area contributed by atoms with E-state index in [-0.39, 0.29) is 22.2 Å². The average Bonchev–Trinajstić information content (AvgIpc) is 3.24. The molecule has 0 saturated heterocycles. The van der Waals surface area contributed by atoms with Gasteiger partial charge in [-0.25, -0.2) is 9.18 Å². The van der Waals surface area contributed by atoms with E-state index < -0.39 is 17.9 Å². The Morgan fingerprint density at radius 1 is 1.30 bits per heavy atom. The minimum atomic E-state index is -1.13. The molecule has 2 aromatic heterocycles. The highest BCUT2D eigenvalue weighted by atomic mass is 35.5. The molecule has 0 aliphatic rings. The first kappa shape index (κ1) is 18.6. The van der Waals surface area contributed by atoms with Gasteiger partial charge in [0.1, 0.15) is 16.9 Å². The Hall–Kier alpha value is -3.20. The first-order valence-corrected chi connectivity index (χ1v) is 8.27. The van der Waals surface area contributed by atoms with Crippen molar-refractivity contribution in [3.8, 4) is 0 Å². The van der Waals surface area contributed by atoms with Crippen LogP contribution in [0.2, 0.25) is 5.02 Å². The number of carboxylic acids is 1. The van der Waals surface area contributed by atoms with Crippen molar-refractivity contribution in [3.05, 3.63) is 64.8 Å². The number of nitrogens with zero attached hydrogens (tertiary/aromatic N) is 4. The Bertz CT molecular complexity index is 983. The van der Waals surface area contributed by atoms with Gasteiger partial charge in [0, 0.05) is 12.4 Å². The topological polar surface area (TPSA) is 102 Å². The quantitative estimate of drug-likeness (QED) is 0.672. The molecule has 0 aliphatic carbocycles. The zero-order chi connectivity index (χ0) is 19.6. The maximum Gasteiger partial charge on any atom is 0.338 e. The summed E-state index contributed by atoms with van der Waals surface area (Å²) >= 11 is 6.12. The van der Waals surface area contributed by atoms with Gasteiger partial charge in [-0.2, -0.15) is 10.2 Å². The molecule has 1 amide bonds. The van der Waals surface area contributed by atoms with Crippen LogP contribution in [0.5, 0.6) is 0 Å². The summed E-state index contributed by atoms with van der Waals surface area (Å²) in [5, 5.41) is 19.8. The second-order valence-corrected chi connectivity index (χ2v) is 6.24. The third-order valence-electron chi connectivity index (χ3n) is 3.84. The van der Waals surface area contributed by atoms with Crippen LogP contribution < -0.4 is 5.32 Å². The van der Waals surface area contributed by atoms with Crippen LogP contribution in [-0.2, 0) is 11.3 Å². The molecular formula is C17H15ClFN5O3. The molecule has 10 heteroatoms. The number of aromatic nitrogens is 4. The number of carbonyl (C=O) groups excluding carboxylic acids is 1. The van der Waals surface area contributed by atoms with Crippen LogP contribution in [0.15, 0.2) is 42.9 Å². The van der Waals surface area contributed by atoms with Crippen molar-refractivity contribution in [3.63, 3.8) is 0 Å². The molecule has 3 rings (SSSR count). The van der Waals surface area contributed by atoms with E-state index in [1.54, 1.807) is 25.3 Å². The Kier molecular flexibility index (Phi) is 5.22. The number of carbonyl (C=O) groups is 2. The number of hydrogen-bond donors (Lipinski definition) is 2. The lowest BCUT2D eigenvalue weighted by molar-refractivity contribution is -0.119. The van der Waals surface area contributed by atoms with Crippen molar-refractivity contribution in [2.75, 3.05) is 5.32 Å². The molecule has 1 atom stereocenters. The summed E-state index contributed by atoms with van der Waals surface area (Å²) in [7, 11) is 0. The second kappa shape index (κ2) is 7.58. The standard InChI is InChI=1S/C17H15ClFN5O3/c1-10(24-8-12(6-20-24)17(26)27)16(25)21-15-14(18)9-23(22-15)7-11-2-4-13(19)5-3-11/h2-6,8-10H,7H2,1H3,(H,26,27)(H,21,22,25). The lowest BCUT2D eigenvalue weighted by Gasteiger charge is -2.11. The van der Waals surface area contributed by atoms with Gasteiger partial charge in [-0.3, -0.25) is 14.2 Å². The van der Waals surface area contributed by atoms with Gasteiger partial charge in [0.05, 0.1) is 18.3 Å². The molecule has 0 saturated carbocycles. The van der Waals surface area contributed by atoms with E-state index in [9.17, 15) is 14.0 Å². The predicted octanol–water partition coefficient (Wildman–Crippen LogP) is 2.82. The predicted molar refractivity (Wildman–Crippen MR) is 95.3 cm³/mol. The fraction of sp³-hybridized carbons (Fsp3) is 0.176. The van der Waals surface area contributed by atoms with Gasteiger partial charge in [0.15, 0.2) is 5.82 Å². The first-order chi connectivity index (χ1) is 12.8. The van der Waals surface area contributed by atoms with E-state index in [4.69, 9.17) is 16.7 Å². The number of anilines is 1. The van der Waals surface area contributed by atoms with Gasteiger partial charge in [0.2, 0.25) is 5.91 Å². The number of rotatable bonds is 6. The number of halogens is 2. The Morgan fingerprint density at radius 2 is 2.00 bits per heavy atom. The van der Waals surface area contributed by atoms with E-state index in [0.717, 1.165) is 11.8 Å². The van der Waals surface area contributed by atoms with Crippen LogP contribution in [0.1, 0.15) is 28.9 Å². The summed E-state index contributed by atoms with van der Waals surface area (Å²) in [5.74, 6) is -1.74. The van der Waals surface area contributed by atoms with Gasteiger partial charge in [-0.15, -0.1) is 0 Å². The van der Waals surface area contributed by atoms with Crippen LogP contribution in [0.25, 0.3) is 0 Å². The largest absolute Gasteiger partial charge is 0.478 e. The van der Waals surface area contributed by atoms with Crippen LogP contribution in [-0.4, -0.2) is 36.5 Å². The Labute approximate surface area is 158 Å². The summed E-state index contributed by atoms with van der Waals surface area (Å²) in [6.07, 6.45) is 3.97. The summed E-state index contributed by atoms with van der Waals surface area (Å²) in [4.78, 5) is 23.3. The molecule has 1 aromatic carbocycles. The van der Waals surface area contributed by atoms with Gasteiger partial charge >= 0.3 is 5.97 Å². The smallest absolute Gasteiger partial charge is 0.338 e. The van der Waals surface area contributed by atoms with E-state index >= 15 is 0 Å². The Balaban J connectivity index is 1.69. The molecule has 1 unspecified atom stereocenters. The molecule has 8 nitrogen and oxygen atoms in total. The van der Waals surface area contributed by atoms with Crippen LogP contribution in [0.4, 0.5) is 10.2 Å². The molecule has 0 radical (unpaired) electrons. The SMILES string of the molecule is CC(C(=O)Nc1nn(Cc2ccc(F)cc2)cc1Cl)n1cc(C(=O)O)cn1. The fourth-order valence-electron chi connectivity index (χ4n) is 2.34. The lowest BCUT2D eigenvalue weighted by atomic mass is 10.2. The van der Waals surface area contributed by atoms with E-state index in [1.807, 2.05) is 0 Å². The monoisotopic (exact) mass is 391 g/mol. The minimum Gasteiger partial charge on any atom is -0.478 e. The summed E-state index contributed by atoms with van der Waals surface area (Å²) in [5.41, 5.74) is 0.802. The average molecular weight is 392 g/mol. The van der Waals surface area contributed by atoms with E-state index in [2.05, 4.69) is 15.5 Å². The molecule has 2 N–H and O–H groups in total. The summed E-state index contributed by atoms with van der Waals surface area (Å²) in [6.45, 7) is 1.92. The number of benzene rings is 1. The molecule has 0 aliphatic heterocycles. The zero-order valence-corrected chi connectivity index (χ0v) is 14.9. The van der Waals surface area contributed by atoms with Crippen molar-refractivity contribution >= 4 is 29.3 Å². The zero-order valence-electron chi connectivity index (χ0n) is 14.1. The van der Waals surface area contributed by atoms with Crippen molar-refractivity contribution in [2.45, 2.75) is 19.5 Å². The molecule has 140 valence electrons. The van der Waals surface area contributed by atoms with Crippen LogP contribution >= 0.6 is 11.6 Å². The van der Waals surface area contributed by atoms with Crippen LogP contribution in [0, 0.1) is 5.82 Å². The maximum atomic E-state index is 13.0. The maximum absolute atomic E-state index is 13.0. The Morgan fingerprint density at radius 3 is 2.63 bits per heavy atom. The normalized spacial score (nSPS) is 12.0. The van der Waals surface area contributed by atoms with Gasteiger partial charge < -0.3 is 10.4 Å². The highest BCUT2D eigenvalue weighted by molar-refractivity contribution is 6.33. The number of carboxylic acid groups (broad SMARTS) is 1. The molecule has 0 bridgehead atoms. The van der Waals surface area contributed by atoms with E-state index in [0.29, 0.717) is 6.54 Å². The van der Waals surface area contributed by atoms with Gasteiger partial charge in [-0.1, -0.05) is 23.7 Å².